The third kappa shape index (κ3) is 4.47. The summed E-state index contributed by atoms with van der Waals surface area (Å²) in [7, 11) is 3.52. The highest BCUT2D eigenvalue weighted by Gasteiger charge is 2.06. The molecule has 0 saturated carbocycles. The van der Waals surface area contributed by atoms with Gasteiger partial charge in [-0.25, -0.2) is 0 Å². The maximum Gasteiger partial charge on any atom is 0.253 e. The van der Waals surface area contributed by atoms with Gasteiger partial charge in [-0.05, 0) is 36.6 Å². The van der Waals surface area contributed by atoms with Crippen molar-refractivity contribution in [3.05, 3.63) is 29.8 Å². The Balaban J connectivity index is 2.53. The fourth-order valence-electron chi connectivity index (χ4n) is 1.49. The SMILES string of the molecule is CC(C)CCNc1ccc(C(=O)N(C)C)cc1. The molecule has 0 spiro atoms. The van der Waals surface area contributed by atoms with Crippen LogP contribution in [0.3, 0.4) is 0 Å². The quantitative estimate of drug-likeness (QED) is 0.849. The van der Waals surface area contributed by atoms with Gasteiger partial charge >= 0.3 is 0 Å². The molecule has 0 saturated heterocycles. The molecule has 3 heteroatoms. The van der Waals surface area contributed by atoms with Gasteiger partial charge in [0.2, 0.25) is 0 Å². The van der Waals surface area contributed by atoms with Crippen LogP contribution in [-0.4, -0.2) is 31.4 Å². The number of anilines is 1. The number of carbonyl (C=O) groups excluding carboxylic acids is 1. The van der Waals surface area contributed by atoms with Gasteiger partial charge in [0.1, 0.15) is 0 Å². The predicted molar refractivity (Wildman–Crippen MR) is 72.4 cm³/mol. The lowest BCUT2D eigenvalue weighted by Gasteiger charge is -2.11. The maximum absolute atomic E-state index is 11.7. The molecule has 17 heavy (non-hydrogen) atoms. The van der Waals surface area contributed by atoms with Crippen molar-refractivity contribution in [2.75, 3.05) is 26.0 Å². The molecule has 0 aliphatic heterocycles. The second kappa shape index (κ2) is 6.28. The van der Waals surface area contributed by atoms with E-state index in [4.69, 9.17) is 0 Å². The lowest BCUT2D eigenvalue weighted by Crippen LogP contribution is -2.21. The summed E-state index contributed by atoms with van der Waals surface area (Å²) in [5, 5.41) is 3.35. The van der Waals surface area contributed by atoms with Gasteiger partial charge in [-0.15, -0.1) is 0 Å². The van der Waals surface area contributed by atoms with Crippen LogP contribution in [0, 0.1) is 5.92 Å². The predicted octanol–water partition coefficient (Wildman–Crippen LogP) is 2.85. The Morgan fingerprint density at radius 2 is 1.82 bits per heavy atom. The standard InChI is InChI=1S/C14H22N2O/c1-11(2)9-10-15-13-7-5-12(6-8-13)14(17)16(3)4/h5-8,11,15H,9-10H2,1-4H3. The van der Waals surface area contributed by atoms with Gasteiger partial charge in [0.25, 0.3) is 5.91 Å². The lowest BCUT2D eigenvalue weighted by molar-refractivity contribution is 0.0827. The molecule has 3 nitrogen and oxygen atoms in total. The highest BCUT2D eigenvalue weighted by molar-refractivity contribution is 5.94. The topological polar surface area (TPSA) is 32.3 Å². The molecular formula is C14H22N2O. The Morgan fingerprint density at radius 1 is 1.24 bits per heavy atom. The molecule has 0 atom stereocenters. The molecule has 0 aliphatic rings. The van der Waals surface area contributed by atoms with E-state index >= 15 is 0 Å². The average molecular weight is 234 g/mol. The van der Waals surface area contributed by atoms with Crippen LogP contribution in [-0.2, 0) is 0 Å². The first kappa shape index (κ1) is 13.6. The molecule has 0 fully saturated rings. The van der Waals surface area contributed by atoms with E-state index in [2.05, 4.69) is 19.2 Å². The van der Waals surface area contributed by atoms with Gasteiger partial charge in [-0.1, -0.05) is 13.8 Å². The molecule has 1 N–H and O–H groups in total. The number of nitrogens with zero attached hydrogens (tertiary/aromatic N) is 1. The molecule has 0 unspecified atom stereocenters. The Bertz CT molecular complexity index is 355. The van der Waals surface area contributed by atoms with Gasteiger partial charge < -0.3 is 10.2 Å². The number of carbonyl (C=O) groups is 1. The van der Waals surface area contributed by atoms with Crippen molar-refractivity contribution in [1.82, 2.24) is 4.90 Å². The summed E-state index contributed by atoms with van der Waals surface area (Å²) in [6.07, 6.45) is 1.15. The largest absolute Gasteiger partial charge is 0.385 e. The highest BCUT2D eigenvalue weighted by Crippen LogP contribution is 2.11. The number of rotatable bonds is 5. The Kier molecular flexibility index (Phi) is 5.01. The minimum atomic E-state index is 0.0405. The summed E-state index contributed by atoms with van der Waals surface area (Å²) in [5.41, 5.74) is 1.80. The second-order valence-corrected chi connectivity index (χ2v) is 4.89. The summed E-state index contributed by atoms with van der Waals surface area (Å²) >= 11 is 0. The molecule has 1 amide bonds. The third-order valence-corrected chi connectivity index (χ3v) is 2.59. The van der Waals surface area contributed by atoms with Crippen LogP contribution in [0.5, 0.6) is 0 Å². The van der Waals surface area contributed by atoms with E-state index in [-0.39, 0.29) is 5.91 Å². The van der Waals surface area contributed by atoms with Crippen molar-refractivity contribution < 1.29 is 4.79 Å². The zero-order chi connectivity index (χ0) is 12.8. The molecule has 1 rings (SSSR count). The minimum Gasteiger partial charge on any atom is -0.385 e. The third-order valence-electron chi connectivity index (χ3n) is 2.59. The fourth-order valence-corrected chi connectivity index (χ4v) is 1.49. The number of hydrogen-bond donors (Lipinski definition) is 1. The van der Waals surface area contributed by atoms with E-state index in [0.717, 1.165) is 24.2 Å². The van der Waals surface area contributed by atoms with Gasteiger partial charge in [0.15, 0.2) is 0 Å². The Hall–Kier alpha value is -1.51. The number of hydrogen-bond acceptors (Lipinski definition) is 2. The molecule has 1 aromatic rings. The van der Waals surface area contributed by atoms with E-state index in [1.807, 2.05) is 24.3 Å². The Morgan fingerprint density at radius 3 is 2.29 bits per heavy atom. The molecule has 0 heterocycles. The van der Waals surface area contributed by atoms with Crippen LogP contribution in [0.15, 0.2) is 24.3 Å². The number of nitrogens with one attached hydrogen (secondary N) is 1. The summed E-state index contributed by atoms with van der Waals surface area (Å²) in [6, 6.07) is 7.63. The van der Waals surface area contributed by atoms with Crippen molar-refractivity contribution in [2.45, 2.75) is 20.3 Å². The van der Waals surface area contributed by atoms with Crippen molar-refractivity contribution in [2.24, 2.45) is 5.92 Å². The summed E-state index contributed by atoms with van der Waals surface area (Å²) in [6.45, 7) is 5.39. The van der Waals surface area contributed by atoms with Crippen molar-refractivity contribution >= 4 is 11.6 Å². The minimum absolute atomic E-state index is 0.0405. The van der Waals surface area contributed by atoms with Gasteiger partial charge in [0, 0.05) is 31.9 Å². The van der Waals surface area contributed by atoms with Crippen LogP contribution in [0.1, 0.15) is 30.6 Å². The lowest BCUT2D eigenvalue weighted by atomic mass is 10.1. The van der Waals surface area contributed by atoms with Crippen LogP contribution < -0.4 is 5.32 Å². The zero-order valence-electron chi connectivity index (χ0n) is 11.2. The first-order chi connectivity index (χ1) is 8.00. The first-order valence-corrected chi connectivity index (χ1v) is 6.06. The van der Waals surface area contributed by atoms with E-state index in [1.165, 1.54) is 0 Å². The molecular weight excluding hydrogens is 212 g/mol. The summed E-state index contributed by atoms with van der Waals surface area (Å²) in [5.74, 6) is 0.746. The normalized spacial score (nSPS) is 10.4. The van der Waals surface area contributed by atoms with Gasteiger partial charge in [0.05, 0.1) is 0 Å². The van der Waals surface area contributed by atoms with E-state index in [1.54, 1.807) is 19.0 Å². The number of amides is 1. The average Bonchev–Trinajstić information content (AvgIpc) is 2.28. The van der Waals surface area contributed by atoms with Gasteiger partial charge in [-0.2, -0.15) is 0 Å². The van der Waals surface area contributed by atoms with E-state index in [0.29, 0.717) is 5.92 Å². The van der Waals surface area contributed by atoms with Crippen molar-refractivity contribution in [3.63, 3.8) is 0 Å². The molecule has 0 bridgehead atoms. The maximum atomic E-state index is 11.7. The van der Waals surface area contributed by atoms with Crippen LogP contribution in [0.25, 0.3) is 0 Å². The van der Waals surface area contributed by atoms with Gasteiger partial charge in [-0.3, -0.25) is 4.79 Å². The van der Waals surface area contributed by atoms with E-state index < -0.39 is 0 Å². The molecule has 1 aromatic carbocycles. The molecule has 0 aromatic heterocycles. The first-order valence-electron chi connectivity index (χ1n) is 6.06. The zero-order valence-corrected chi connectivity index (χ0v) is 11.2. The molecule has 0 aliphatic carbocycles. The van der Waals surface area contributed by atoms with Crippen LogP contribution >= 0.6 is 0 Å². The fraction of sp³-hybridized carbons (Fsp3) is 0.500. The summed E-state index contributed by atoms with van der Waals surface area (Å²) < 4.78 is 0. The van der Waals surface area contributed by atoms with Crippen molar-refractivity contribution in [3.8, 4) is 0 Å². The molecule has 0 radical (unpaired) electrons. The smallest absolute Gasteiger partial charge is 0.253 e. The number of benzene rings is 1. The monoisotopic (exact) mass is 234 g/mol. The Labute approximate surface area is 104 Å². The van der Waals surface area contributed by atoms with Crippen LogP contribution in [0.2, 0.25) is 0 Å². The molecule has 94 valence electrons. The highest BCUT2D eigenvalue weighted by atomic mass is 16.2. The van der Waals surface area contributed by atoms with Crippen molar-refractivity contribution in [1.29, 1.82) is 0 Å². The second-order valence-electron chi connectivity index (χ2n) is 4.89. The summed E-state index contributed by atoms with van der Waals surface area (Å²) in [4.78, 5) is 13.2. The van der Waals surface area contributed by atoms with Crippen LogP contribution in [0.4, 0.5) is 5.69 Å². The van der Waals surface area contributed by atoms with E-state index in [9.17, 15) is 4.79 Å².